The molecule has 0 bridgehead atoms. The van der Waals surface area contributed by atoms with E-state index < -0.39 is 0 Å². The molecule has 0 heterocycles. The summed E-state index contributed by atoms with van der Waals surface area (Å²) in [6.07, 6.45) is 0. The van der Waals surface area contributed by atoms with Crippen LogP contribution in [0.5, 0.6) is 0 Å². The maximum Gasteiger partial charge on any atom is 6.00 e. The largest absolute Gasteiger partial charge is 6.00 e. The monoisotopic (exact) mass is 198 g/mol. The van der Waals surface area contributed by atoms with Crippen molar-refractivity contribution in [3.63, 3.8) is 0 Å². The number of hydrogen-bond acceptors (Lipinski definition) is 0. The standard InChI is InChI=1S/6H2N.Ru/h6*1H2;/q6*-1;+6. The molecule has 0 aliphatic rings. The molecule has 0 radical (unpaired) electrons. The van der Waals surface area contributed by atoms with Crippen molar-refractivity contribution >= 4 is 0 Å². The number of hydrogen-bond donors (Lipinski definition) is 0. The van der Waals surface area contributed by atoms with Crippen LogP contribution in [0, 0.1) is 0 Å². The van der Waals surface area contributed by atoms with E-state index >= 15 is 0 Å². The van der Waals surface area contributed by atoms with Gasteiger partial charge in [0.25, 0.3) is 0 Å². The fraction of sp³-hybridized carbons (Fsp3) is 0. The number of rotatable bonds is 0. The van der Waals surface area contributed by atoms with Crippen molar-refractivity contribution in [2.45, 2.75) is 0 Å². The van der Waals surface area contributed by atoms with Crippen molar-refractivity contribution in [1.82, 2.24) is 0 Å². The van der Waals surface area contributed by atoms with Crippen molar-refractivity contribution in [2.24, 2.45) is 0 Å². The SMILES string of the molecule is [NH2-].[NH2-].[NH2-].[NH2-].[NH2-].[NH2-].[Ru+6]. The van der Waals surface area contributed by atoms with Crippen LogP contribution >= 0.6 is 0 Å². The van der Waals surface area contributed by atoms with Gasteiger partial charge in [-0.1, -0.05) is 0 Å². The van der Waals surface area contributed by atoms with Gasteiger partial charge in [0.05, 0.1) is 0 Å². The van der Waals surface area contributed by atoms with Gasteiger partial charge in [0, 0.05) is 0 Å². The maximum atomic E-state index is 0. The molecule has 7 heteroatoms. The molecule has 0 rings (SSSR count). The Morgan fingerprint density at radius 2 is 0.286 bits per heavy atom. The minimum absolute atomic E-state index is 0. The first kappa shape index (κ1) is 2050. The van der Waals surface area contributed by atoms with Gasteiger partial charge in [-0.05, 0) is 0 Å². The Morgan fingerprint density at radius 3 is 0.286 bits per heavy atom. The molecule has 0 fully saturated rings. The van der Waals surface area contributed by atoms with Crippen LogP contribution < -0.4 is 0 Å². The zero-order valence-electron chi connectivity index (χ0n) is 3.82. The molecular weight excluding hydrogens is 185 g/mol. The molecule has 0 aromatic rings. The van der Waals surface area contributed by atoms with Gasteiger partial charge >= 0.3 is 19.5 Å². The molecule has 0 amide bonds. The van der Waals surface area contributed by atoms with Gasteiger partial charge in [0.1, 0.15) is 0 Å². The van der Waals surface area contributed by atoms with Gasteiger partial charge in [0.2, 0.25) is 0 Å². The second-order valence-electron chi connectivity index (χ2n) is 0. The minimum Gasteiger partial charge on any atom is -0.693 e. The third kappa shape index (κ3) is 834. The van der Waals surface area contributed by atoms with E-state index in [2.05, 4.69) is 0 Å². The topological polar surface area (TPSA) is 201 Å². The average Bonchev–Trinajstić information content (AvgIpc) is 0. The Hall–Kier alpha value is 0.383. The zero-order valence-corrected chi connectivity index (χ0v) is 5.56. The molecule has 0 aliphatic heterocycles. The maximum absolute atomic E-state index is 0. The van der Waals surface area contributed by atoms with Crippen LogP contribution in [0.3, 0.4) is 0 Å². The summed E-state index contributed by atoms with van der Waals surface area (Å²) in [5.74, 6) is 0. The van der Waals surface area contributed by atoms with Crippen LogP contribution in [0.25, 0.3) is 36.9 Å². The van der Waals surface area contributed by atoms with E-state index in [9.17, 15) is 0 Å². The molecule has 6 nitrogen and oxygen atoms in total. The Balaban J connectivity index is 0. The molecule has 7 heavy (non-hydrogen) atoms. The third-order valence-corrected chi connectivity index (χ3v) is 0. The normalized spacial score (nSPS) is 0. The summed E-state index contributed by atoms with van der Waals surface area (Å²) in [5, 5.41) is 0. The molecular formula is H12N6Ru. The van der Waals surface area contributed by atoms with E-state index in [4.69, 9.17) is 0 Å². The van der Waals surface area contributed by atoms with Crippen molar-refractivity contribution < 1.29 is 19.5 Å². The molecule has 0 atom stereocenters. The summed E-state index contributed by atoms with van der Waals surface area (Å²) in [7, 11) is 0. The first-order valence-electron chi connectivity index (χ1n) is 0. The second kappa shape index (κ2) is 1260. The van der Waals surface area contributed by atoms with Gasteiger partial charge in [0.15, 0.2) is 0 Å². The molecule has 0 saturated carbocycles. The Morgan fingerprint density at radius 1 is 0.286 bits per heavy atom. The van der Waals surface area contributed by atoms with E-state index in [-0.39, 0.29) is 56.4 Å². The summed E-state index contributed by atoms with van der Waals surface area (Å²) in [6.45, 7) is 0. The summed E-state index contributed by atoms with van der Waals surface area (Å²) >= 11 is 0. The molecule has 0 unspecified atom stereocenters. The predicted molar refractivity (Wildman–Crippen MR) is 31.7 cm³/mol. The van der Waals surface area contributed by atoms with Crippen LogP contribution in [0.15, 0.2) is 0 Å². The van der Waals surface area contributed by atoms with Crippen molar-refractivity contribution in [1.29, 1.82) is 0 Å². The van der Waals surface area contributed by atoms with Crippen LogP contribution in [-0.4, -0.2) is 0 Å². The van der Waals surface area contributed by atoms with E-state index in [1.807, 2.05) is 0 Å². The van der Waals surface area contributed by atoms with Crippen LogP contribution in [0.4, 0.5) is 0 Å². The molecule has 0 saturated heterocycles. The first-order chi connectivity index (χ1) is 0. The minimum atomic E-state index is 0. The third-order valence-electron chi connectivity index (χ3n) is 0. The predicted octanol–water partition coefficient (Wildman–Crippen LogP) is 4.30. The van der Waals surface area contributed by atoms with E-state index in [0.29, 0.717) is 0 Å². The average molecular weight is 197 g/mol. The van der Waals surface area contributed by atoms with Crippen molar-refractivity contribution in [3.8, 4) is 0 Å². The van der Waals surface area contributed by atoms with Crippen molar-refractivity contribution in [2.75, 3.05) is 0 Å². The molecule has 0 aliphatic carbocycles. The summed E-state index contributed by atoms with van der Waals surface area (Å²) < 4.78 is 0. The number of nitrogens with two attached hydrogens (primary N) is 6. The smallest absolute Gasteiger partial charge is 0.693 e. The van der Waals surface area contributed by atoms with Gasteiger partial charge < -0.3 is 36.9 Å². The van der Waals surface area contributed by atoms with Crippen LogP contribution in [0.2, 0.25) is 0 Å². The summed E-state index contributed by atoms with van der Waals surface area (Å²) in [4.78, 5) is 0. The van der Waals surface area contributed by atoms with Gasteiger partial charge in [-0.3, -0.25) is 0 Å². The summed E-state index contributed by atoms with van der Waals surface area (Å²) in [6, 6.07) is 0. The van der Waals surface area contributed by atoms with Gasteiger partial charge in [-0.15, -0.1) is 0 Å². The Labute approximate surface area is 57.1 Å². The molecule has 50 valence electrons. The first-order valence-corrected chi connectivity index (χ1v) is 0. The molecule has 12 N–H and O–H groups in total. The fourth-order valence-corrected chi connectivity index (χ4v) is 0. The Bertz CT molecular complexity index is 4.14. The molecule has 0 aromatic carbocycles. The second-order valence-corrected chi connectivity index (χ2v) is 0. The molecule has 0 aromatic heterocycles. The van der Waals surface area contributed by atoms with E-state index in [1.165, 1.54) is 0 Å². The van der Waals surface area contributed by atoms with E-state index in [1.54, 1.807) is 0 Å². The Kier molecular flexibility index (Phi) is 368000. The van der Waals surface area contributed by atoms with Crippen LogP contribution in [0.1, 0.15) is 0 Å². The zero-order chi connectivity index (χ0) is 0. The molecule has 0 spiro atoms. The van der Waals surface area contributed by atoms with Gasteiger partial charge in [-0.25, -0.2) is 0 Å². The quantitative estimate of drug-likeness (QED) is 0.498. The van der Waals surface area contributed by atoms with E-state index in [0.717, 1.165) is 0 Å². The van der Waals surface area contributed by atoms with Gasteiger partial charge in [-0.2, -0.15) is 0 Å². The fourth-order valence-electron chi connectivity index (χ4n) is 0. The van der Waals surface area contributed by atoms with Crippen LogP contribution in [-0.2, 0) is 19.5 Å². The van der Waals surface area contributed by atoms with Crippen molar-refractivity contribution in [3.05, 3.63) is 36.9 Å². The summed E-state index contributed by atoms with van der Waals surface area (Å²) in [5.41, 5.74) is 0.